The van der Waals surface area contributed by atoms with E-state index < -0.39 is 0 Å². The van der Waals surface area contributed by atoms with Crippen molar-refractivity contribution in [2.75, 3.05) is 0 Å². The molecular weight excluding hydrogens is 280 g/mol. The molecular formula is C17H14N2O3. The summed E-state index contributed by atoms with van der Waals surface area (Å²) in [5.74, 6) is -0.146. The number of aromatic amines is 1. The van der Waals surface area contributed by atoms with E-state index in [0.717, 1.165) is 23.0 Å². The van der Waals surface area contributed by atoms with Gasteiger partial charge in [-0.2, -0.15) is 0 Å². The van der Waals surface area contributed by atoms with Crippen LogP contribution in [-0.2, 0) is 6.54 Å². The van der Waals surface area contributed by atoms with E-state index in [9.17, 15) is 14.7 Å². The molecule has 2 aromatic carbocycles. The molecule has 0 saturated carbocycles. The van der Waals surface area contributed by atoms with Crippen molar-refractivity contribution in [3.05, 3.63) is 76.3 Å². The maximum atomic E-state index is 11.5. The predicted molar refractivity (Wildman–Crippen MR) is 83.1 cm³/mol. The smallest absolute Gasteiger partial charge is 0.328 e. The molecule has 5 heteroatoms. The summed E-state index contributed by atoms with van der Waals surface area (Å²) in [6, 6.07) is 15.1. The molecule has 0 saturated heterocycles. The van der Waals surface area contributed by atoms with E-state index in [0.29, 0.717) is 12.1 Å². The van der Waals surface area contributed by atoms with Crippen molar-refractivity contribution in [3.8, 4) is 17.0 Å². The van der Waals surface area contributed by atoms with Crippen molar-refractivity contribution >= 4 is 6.29 Å². The normalized spacial score (nSPS) is 10.5. The third-order valence-corrected chi connectivity index (χ3v) is 3.44. The number of hydrogen-bond acceptors (Lipinski definition) is 3. The average Bonchev–Trinajstić information content (AvgIpc) is 2.86. The molecule has 0 aliphatic heterocycles. The van der Waals surface area contributed by atoms with Crippen LogP contribution >= 0.6 is 0 Å². The van der Waals surface area contributed by atoms with Gasteiger partial charge in [0.1, 0.15) is 6.29 Å². The lowest BCUT2D eigenvalue weighted by atomic mass is 10.0. The molecule has 0 bridgehead atoms. The third kappa shape index (κ3) is 2.83. The fourth-order valence-electron chi connectivity index (χ4n) is 2.33. The molecule has 5 nitrogen and oxygen atoms in total. The van der Waals surface area contributed by atoms with E-state index in [4.69, 9.17) is 0 Å². The number of aldehydes is 1. The molecule has 1 heterocycles. The maximum absolute atomic E-state index is 11.5. The zero-order valence-corrected chi connectivity index (χ0v) is 11.7. The highest BCUT2D eigenvalue weighted by Crippen LogP contribution is 2.21. The lowest BCUT2D eigenvalue weighted by Gasteiger charge is -2.05. The molecule has 0 aliphatic rings. The van der Waals surface area contributed by atoms with E-state index in [1.807, 2.05) is 42.5 Å². The lowest BCUT2D eigenvalue weighted by Crippen LogP contribution is -2.16. The van der Waals surface area contributed by atoms with Crippen LogP contribution in [0, 0.1) is 0 Å². The highest BCUT2D eigenvalue weighted by atomic mass is 16.3. The first-order valence-electron chi connectivity index (χ1n) is 6.79. The number of imidazole rings is 1. The Morgan fingerprint density at radius 1 is 1.09 bits per heavy atom. The number of carbonyl (C=O) groups is 1. The van der Waals surface area contributed by atoms with Crippen molar-refractivity contribution < 1.29 is 9.90 Å². The fourth-order valence-corrected chi connectivity index (χ4v) is 2.33. The quantitative estimate of drug-likeness (QED) is 0.726. The molecule has 0 aliphatic carbocycles. The molecule has 0 amide bonds. The van der Waals surface area contributed by atoms with Crippen LogP contribution in [0.1, 0.15) is 15.9 Å². The van der Waals surface area contributed by atoms with E-state index in [1.165, 1.54) is 10.8 Å². The Kier molecular flexibility index (Phi) is 3.62. The second kappa shape index (κ2) is 5.73. The van der Waals surface area contributed by atoms with Crippen LogP contribution < -0.4 is 5.69 Å². The minimum Gasteiger partial charge on any atom is -0.493 e. The molecule has 0 radical (unpaired) electrons. The Morgan fingerprint density at radius 2 is 1.86 bits per heavy atom. The molecule has 0 atom stereocenters. The van der Waals surface area contributed by atoms with Crippen molar-refractivity contribution in [2.45, 2.75) is 6.54 Å². The second-order valence-electron chi connectivity index (χ2n) is 5.01. The summed E-state index contributed by atoms with van der Waals surface area (Å²) in [4.78, 5) is 24.7. The highest BCUT2D eigenvalue weighted by molar-refractivity contribution is 5.78. The van der Waals surface area contributed by atoms with Gasteiger partial charge in [0.2, 0.25) is 5.88 Å². The number of carbonyl (C=O) groups excluding carboxylic acids is 1. The zero-order valence-electron chi connectivity index (χ0n) is 11.7. The first kappa shape index (κ1) is 13.9. The largest absolute Gasteiger partial charge is 0.493 e. The van der Waals surface area contributed by atoms with Gasteiger partial charge in [-0.3, -0.25) is 14.3 Å². The molecule has 2 N–H and O–H groups in total. The third-order valence-electron chi connectivity index (χ3n) is 3.44. The summed E-state index contributed by atoms with van der Waals surface area (Å²) >= 11 is 0. The number of nitrogens with one attached hydrogen (secondary N) is 1. The molecule has 3 aromatic rings. The van der Waals surface area contributed by atoms with E-state index in [2.05, 4.69) is 4.98 Å². The molecule has 0 fully saturated rings. The van der Waals surface area contributed by atoms with Gasteiger partial charge in [0.25, 0.3) is 0 Å². The molecule has 0 spiro atoms. The number of nitrogens with zero attached hydrogens (tertiary/aromatic N) is 1. The SMILES string of the molecule is O=Cc1cccc(-c2ccc(Cn3cc(O)[nH]c3=O)cc2)c1. The number of aromatic hydroxyl groups is 1. The number of aromatic nitrogens is 2. The minimum absolute atomic E-state index is 0.146. The van der Waals surface area contributed by atoms with Gasteiger partial charge in [-0.25, -0.2) is 4.79 Å². The number of hydrogen-bond donors (Lipinski definition) is 2. The van der Waals surface area contributed by atoms with Gasteiger partial charge in [-0.1, -0.05) is 42.5 Å². The van der Waals surface area contributed by atoms with Gasteiger partial charge in [-0.05, 0) is 22.8 Å². The number of H-pyrrole nitrogens is 1. The highest BCUT2D eigenvalue weighted by Gasteiger charge is 2.04. The van der Waals surface area contributed by atoms with E-state index in [1.54, 1.807) is 6.07 Å². The monoisotopic (exact) mass is 294 g/mol. The molecule has 0 unspecified atom stereocenters. The van der Waals surface area contributed by atoms with Gasteiger partial charge in [0, 0.05) is 5.56 Å². The maximum Gasteiger partial charge on any atom is 0.328 e. The first-order valence-corrected chi connectivity index (χ1v) is 6.79. The molecule has 3 rings (SSSR count). The number of benzene rings is 2. The van der Waals surface area contributed by atoms with Gasteiger partial charge in [0.15, 0.2) is 0 Å². The summed E-state index contributed by atoms with van der Waals surface area (Å²) in [6.45, 7) is 0.380. The first-order chi connectivity index (χ1) is 10.7. The van der Waals surface area contributed by atoms with Crippen molar-refractivity contribution in [1.82, 2.24) is 9.55 Å². The van der Waals surface area contributed by atoms with E-state index >= 15 is 0 Å². The van der Waals surface area contributed by atoms with Crippen LogP contribution in [-0.4, -0.2) is 20.9 Å². The van der Waals surface area contributed by atoms with Gasteiger partial charge >= 0.3 is 5.69 Å². The van der Waals surface area contributed by atoms with Crippen LogP contribution in [0.5, 0.6) is 5.88 Å². The summed E-state index contributed by atoms with van der Waals surface area (Å²) < 4.78 is 1.40. The van der Waals surface area contributed by atoms with Crippen LogP contribution in [0.15, 0.2) is 59.5 Å². The summed E-state index contributed by atoms with van der Waals surface area (Å²) in [5, 5.41) is 9.25. The van der Waals surface area contributed by atoms with Crippen LogP contribution in [0.4, 0.5) is 0 Å². The Balaban J connectivity index is 1.84. The minimum atomic E-state index is -0.347. The van der Waals surface area contributed by atoms with Crippen LogP contribution in [0.2, 0.25) is 0 Å². The Hall–Kier alpha value is -3.08. The Morgan fingerprint density at radius 3 is 2.50 bits per heavy atom. The van der Waals surface area contributed by atoms with Gasteiger partial charge in [-0.15, -0.1) is 0 Å². The van der Waals surface area contributed by atoms with Crippen molar-refractivity contribution in [3.63, 3.8) is 0 Å². The van der Waals surface area contributed by atoms with Crippen LogP contribution in [0.3, 0.4) is 0 Å². The summed E-state index contributed by atoms with van der Waals surface area (Å²) in [5.41, 5.74) is 3.19. The van der Waals surface area contributed by atoms with Crippen LogP contribution in [0.25, 0.3) is 11.1 Å². The topological polar surface area (TPSA) is 75.1 Å². The molecule has 1 aromatic heterocycles. The fraction of sp³-hybridized carbons (Fsp3) is 0.0588. The Labute approximate surface area is 126 Å². The Bertz CT molecular complexity index is 860. The van der Waals surface area contributed by atoms with Gasteiger partial charge in [0.05, 0.1) is 12.7 Å². The zero-order chi connectivity index (χ0) is 15.5. The predicted octanol–water partition coefficient (Wildman–Crippen LogP) is 2.41. The molecule has 110 valence electrons. The molecule has 22 heavy (non-hydrogen) atoms. The van der Waals surface area contributed by atoms with Crippen molar-refractivity contribution in [2.24, 2.45) is 0 Å². The summed E-state index contributed by atoms with van der Waals surface area (Å²) in [6.07, 6.45) is 2.19. The van der Waals surface area contributed by atoms with Crippen molar-refractivity contribution in [1.29, 1.82) is 0 Å². The lowest BCUT2D eigenvalue weighted by molar-refractivity contribution is 0.112. The van der Waals surface area contributed by atoms with Gasteiger partial charge < -0.3 is 5.11 Å². The average molecular weight is 294 g/mol. The summed E-state index contributed by atoms with van der Waals surface area (Å²) in [7, 11) is 0. The number of rotatable bonds is 4. The van der Waals surface area contributed by atoms with E-state index in [-0.39, 0.29) is 11.6 Å². The second-order valence-corrected chi connectivity index (χ2v) is 5.01. The standard InChI is InChI=1S/C17H14N2O3/c20-11-13-2-1-3-15(8-13)14-6-4-12(5-7-14)9-19-10-16(21)18-17(19)22/h1-8,10-11,21H,9H2,(H,18,22).